The number of amides is 1. The van der Waals surface area contributed by atoms with E-state index in [4.69, 9.17) is 21.1 Å². The maximum atomic E-state index is 12.2. The highest BCUT2D eigenvalue weighted by Gasteiger charge is 2.13. The van der Waals surface area contributed by atoms with E-state index in [-0.39, 0.29) is 19.1 Å². The molecule has 1 amide bonds. The molecule has 0 bridgehead atoms. The van der Waals surface area contributed by atoms with Gasteiger partial charge in [-0.05, 0) is 37.3 Å². The summed E-state index contributed by atoms with van der Waals surface area (Å²) >= 11 is 5.94. The highest BCUT2D eigenvalue weighted by molar-refractivity contribution is 6.31. The summed E-state index contributed by atoms with van der Waals surface area (Å²) in [5.41, 5.74) is 1.37. The molecule has 0 fully saturated rings. The molecular formula is C18H19ClN2O4. The summed E-state index contributed by atoms with van der Waals surface area (Å²) in [6.45, 7) is 1.98. The number of halogens is 1. The molecule has 0 heterocycles. The van der Waals surface area contributed by atoms with Crippen LogP contribution in [0.4, 0.5) is 11.4 Å². The quantitative estimate of drug-likeness (QED) is 0.736. The van der Waals surface area contributed by atoms with Gasteiger partial charge in [0.25, 0.3) is 0 Å². The van der Waals surface area contributed by atoms with Gasteiger partial charge in [-0.15, -0.1) is 0 Å². The number of hydrogen-bond donors (Lipinski definition) is 2. The zero-order valence-corrected chi connectivity index (χ0v) is 14.7. The van der Waals surface area contributed by atoms with Gasteiger partial charge in [-0.2, -0.15) is 0 Å². The first-order valence-electron chi connectivity index (χ1n) is 7.68. The fraction of sp³-hybridized carbons (Fsp3) is 0.222. The van der Waals surface area contributed by atoms with Crippen molar-refractivity contribution in [2.75, 3.05) is 30.9 Å². The minimum atomic E-state index is -0.442. The smallest absolute Gasteiger partial charge is 0.340 e. The third kappa shape index (κ3) is 5.12. The van der Waals surface area contributed by atoms with Crippen LogP contribution >= 0.6 is 11.6 Å². The summed E-state index contributed by atoms with van der Waals surface area (Å²) in [4.78, 5) is 24.1. The van der Waals surface area contributed by atoms with Crippen LogP contribution in [0.3, 0.4) is 0 Å². The summed E-state index contributed by atoms with van der Waals surface area (Å²) in [6.07, 6.45) is 0. The number of rotatable bonds is 7. The zero-order valence-electron chi connectivity index (χ0n) is 14.0. The van der Waals surface area contributed by atoms with Gasteiger partial charge in [-0.25, -0.2) is 4.79 Å². The third-order valence-electron chi connectivity index (χ3n) is 3.30. The molecule has 2 rings (SSSR count). The fourth-order valence-corrected chi connectivity index (χ4v) is 2.34. The maximum Gasteiger partial charge on any atom is 0.340 e. The van der Waals surface area contributed by atoms with Crippen LogP contribution in [-0.4, -0.2) is 32.1 Å². The molecule has 0 aliphatic carbocycles. The standard InChI is InChI=1S/C18H19ClN2O4/c1-3-25-18(23)13-6-4-5-7-14(13)20-11-17(22)21-15-10-12(19)8-9-16(15)24-2/h4-10,20H,3,11H2,1-2H3,(H,21,22). The van der Waals surface area contributed by atoms with Gasteiger partial charge in [0, 0.05) is 10.7 Å². The number of anilines is 2. The van der Waals surface area contributed by atoms with E-state index in [1.165, 1.54) is 7.11 Å². The van der Waals surface area contributed by atoms with Gasteiger partial charge in [0.2, 0.25) is 5.91 Å². The lowest BCUT2D eigenvalue weighted by Gasteiger charge is -2.13. The van der Waals surface area contributed by atoms with Gasteiger partial charge in [0.1, 0.15) is 5.75 Å². The predicted octanol–water partition coefficient (Wildman–Crippen LogP) is 3.58. The molecule has 6 nitrogen and oxygen atoms in total. The topological polar surface area (TPSA) is 76.7 Å². The molecule has 132 valence electrons. The van der Waals surface area contributed by atoms with Crippen molar-refractivity contribution in [2.24, 2.45) is 0 Å². The largest absolute Gasteiger partial charge is 0.495 e. The molecule has 2 N–H and O–H groups in total. The van der Waals surface area contributed by atoms with Crippen LogP contribution in [0.25, 0.3) is 0 Å². The number of para-hydroxylation sites is 1. The first kappa shape index (κ1) is 18.6. The lowest BCUT2D eigenvalue weighted by Crippen LogP contribution is -2.23. The average molecular weight is 363 g/mol. The van der Waals surface area contributed by atoms with Gasteiger partial charge in [-0.3, -0.25) is 4.79 Å². The number of methoxy groups -OCH3 is 1. The molecule has 0 saturated carbocycles. The molecular weight excluding hydrogens is 344 g/mol. The molecule has 0 aliphatic heterocycles. The number of carbonyl (C=O) groups excluding carboxylic acids is 2. The minimum absolute atomic E-state index is 0.0356. The molecule has 25 heavy (non-hydrogen) atoms. The summed E-state index contributed by atoms with van der Waals surface area (Å²) < 4.78 is 10.2. The van der Waals surface area contributed by atoms with Gasteiger partial charge in [-0.1, -0.05) is 23.7 Å². The molecule has 2 aromatic carbocycles. The van der Waals surface area contributed by atoms with Crippen molar-refractivity contribution in [1.29, 1.82) is 0 Å². The van der Waals surface area contributed by atoms with E-state index in [9.17, 15) is 9.59 Å². The van der Waals surface area contributed by atoms with Crippen LogP contribution in [-0.2, 0) is 9.53 Å². The van der Waals surface area contributed by atoms with Gasteiger partial charge >= 0.3 is 5.97 Å². The molecule has 0 aromatic heterocycles. The van der Waals surface area contributed by atoms with Crippen molar-refractivity contribution in [1.82, 2.24) is 0 Å². The van der Waals surface area contributed by atoms with Crippen LogP contribution in [0.1, 0.15) is 17.3 Å². The molecule has 0 aliphatic rings. The highest BCUT2D eigenvalue weighted by atomic mass is 35.5. The zero-order chi connectivity index (χ0) is 18.2. The second kappa shape index (κ2) is 8.94. The molecule has 0 unspecified atom stereocenters. The van der Waals surface area contributed by atoms with Crippen molar-refractivity contribution < 1.29 is 19.1 Å². The van der Waals surface area contributed by atoms with E-state index in [0.717, 1.165) is 0 Å². The van der Waals surface area contributed by atoms with Crippen LogP contribution in [0, 0.1) is 0 Å². The SMILES string of the molecule is CCOC(=O)c1ccccc1NCC(=O)Nc1cc(Cl)ccc1OC. The van der Waals surface area contributed by atoms with Crippen molar-refractivity contribution >= 4 is 34.9 Å². The predicted molar refractivity (Wildman–Crippen MR) is 97.5 cm³/mol. The molecule has 0 saturated heterocycles. The number of hydrogen-bond acceptors (Lipinski definition) is 5. The normalized spacial score (nSPS) is 10.0. The molecule has 0 radical (unpaired) electrons. The monoisotopic (exact) mass is 362 g/mol. The Balaban J connectivity index is 2.04. The van der Waals surface area contributed by atoms with Crippen molar-refractivity contribution in [3.63, 3.8) is 0 Å². The Bertz CT molecular complexity index is 764. The fourth-order valence-electron chi connectivity index (χ4n) is 2.17. The Labute approximate surface area is 151 Å². The van der Waals surface area contributed by atoms with E-state index in [1.54, 1.807) is 49.4 Å². The molecule has 0 spiro atoms. The number of ether oxygens (including phenoxy) is 2. The van der Waals surface area contributed by atoms with Crippen LogP contribution in [0.2, 0.25) is 5.02 Å². The van der Waals surface area contributed by atoms with E-state index in [2.05, 4.69) is 10.6 Å². The summed E-state index contributed by atoms with van der Waals surface area (Å²) in [7, 11) is 1.51. The molecule has 0 atom stereocenters. The second-order valence-corrected chi connectivity index (χ2v) is 5.45. The lowest BCUT2D eigenvalue weighted by molar-refractivity contribution is -0.114. The number of esters is 1. The molecule has 2 aromatic rings. The first-order valence-corrected chi connectivity index (χ1v) is 8.06. The Morgan fingerprint density at radius 1 is 1.12 bits per heavy atom. The van der Waals surface area contributed by atoms with E-state index in [1.807, 2.05) is 0 Å². The van der Waals surface area contributed by atoms with Crippen molar-refractivity contribution in [2.45, 2.75) is 6.92 Å². The third-order valence-corrected chi connectivity index (χ3v) is 3.53. The minimum Gasteiger partial charge on any atom is -0.495 e. The summed E-state index contributed by atoms with van der Waals surface area (Å²) in [5, 5.41) is 6.14. The van der Waals surface area contributed by atoms with Crippen LogP contribution < -0.4 is 15.4 Å². The summed E-state index contributed by atoms with van der Waals surface area (Å²) in [6, 6.07) is 11.8. The van der Waals surface area contributed by atoms with Crippen LogP contribution in [0.15, 0.2) is 42.5 Å². The van der Waals surface area contributed by atoms with Gasteiger partial charge in [0.05, 0.1) is 31.5 Å². The number of carbonyl (C=O) groups is 2. The Morgan fingerprint density at radius 2 is 1.88 bits per heavy atom. The van der Waals surface area contributed by atoms with Gasteiger partial charge in [0.15, 0.2) is 0 Å². The number of benzene rings is 2. The number of nitrogens with one attached hydrogen (secondary N) is 2. The molecule has 7 heteroatoms. The average Bonchev–Trinajstić information content (AvgIpc) is 2.60. The van der Waals surface area contributed by atoms with Crippen molar-refractivity contribution in [3.05, 3.63) is 53.1 Å². The Hall–Kier alpha value is -2.73. The van der Waals surface area contributed by atoms with E-state index < -0.39 is 5.97 Å². The lowest BCUT2D eigenvalue weighted by atomic mass is 10.2. The summed E-state index contributed by atoms with van der Waals surface area (Å²) in [5.74, 6) is -0.244. The van der Waals surface area contributed by atoms with E-state index >= 15 is 0 Å². The Kier molecular flexibility index (Phi) is 6.65. The Morgan fingerprint density at radius 3 is 2.60 bits per heavy atom. The maximum absolute atomic E-state index is 12.2. The van der Waals surface area contributed by atoms with Crippen molar-refractivity contribution in [3.8, 4) is 5.75 Å². The highest BCUT2D eigenvalue weighted by Crippen LogP contribution is 2.27. The van der Waals surface area contributed by atoms with Crippen LogP contribution in [0.5, 0.6) is 5.75 Å². The van der Waals surface area contributed by atoms with E-state index in [0.29, 0.717) is 27.7 Å². The first-order chi connectivity index (χ1) is 12.0. The van der Waals surface area contributed by atoms with Gasteiger partial charge < -0.3 is 20.1 Å². The second-order valence-electron chi connectivity index (χ2n) is 5.01.